The number of hydrogen-bond donors (Lipinski definition) is 0. The molecular weight excluding hydrogens is 352 g/mol. The van der Waals surface area contributed by atoms with Crippen LogP contribution in [0.2, 0.25) is 0 Å². The number of nitrogens with zero attached hydrogens (tertiary/aromatic N) is 2. The van der Waals surface area contributed by atoms with E-state index in [1.807, 2.05) is 27.1 Å². The molecule has 21 heavy (non-hydrogen) atoms. The monoisotopic (exact) mass is 370 g/mol. The third-order valence-corrected chi connectivity index (χ3v) is 6.32. The molecule has 0 spiro atoms. The second kappa shape index (κ2) is 4.81. The van der Waals surface area contributed by atoms with E-state index < -0.39 is 9.84 Å². The molecule has 1 aromatic heterocycles. The number of aromatic nitrogens is 2. The first-order chi connectivity index (χ1) is 9.67. The van der Waals surface area contributed by atoms with E-state index in [2.05, 4.69) is 25.5 Å². The third-order valence-electron chi connectivity index (χ3n) is 3.52. The van der Waals surface area contributed by atoms with Gasteiger partial charge in [-0.05, 0) is 46.3 Å². The Morgan fingerprint density at radius 2 is 2.00 bits per heavy atom. The Labute approximate surface area is 133 Å². The highest BCUT2D eigenvalue weighted by Gasteiger charge is 2.28. The Hall–Kier alpha value is -0.880. The number of halogens is 1. The van der Waals surface area contributed by atoms with Crippen LogP contribution < -0.4 is 0 Å². The third kappa shape index (κ3) is 3.01. The van der Waals surface area contributed by atoms with Crippen LogP contribution >= 0.6 is 15.9 Å². The van der Waals surface area contributed by atoms with Crippen molar-refractivity contribution in [2.24, 2.45) is 5.41 Å². The second-order valence-corrected chi connectivity index (χ2v) is 9.82. The summed E-state index contributed by atoms with van der Waals surface area (Å²) in [4.78, 5) is 4.73. The fourth-order valence-electron chi connectivity index (χ4n) is 2.56. The van der Waals surface area contributed by atoms with Crippen LogP contribution in [0.4, 0.5) is 0 Å². The summed E-state index contributed by atoms with van der Waals surface area (Å²) in [5, 5.41) is 0. The van der Waals surface area contributed by atoms with E-state index in [9.17, 15) is 8.42 Å². The highest BCUT2D eigenvalue weighted by atomic mass is 79.9. The van der Waals surface area contributed by atoms with Crippen molar-refractivity contribution >= 4 is 36.8 Å². The minimum Gasteiger partial charge on any atom is -0.327 e. The van der Waals surface area contributed by atoms with Crippen LogP contribution in [0.25, 0.3) is 11.0 Å². The van der Waals surface area contributed by atoms with Gasteiger partial charge in [-0.25, -0.2) is 13.4 Å². The fourth-order valence-corrected chi connectivity index (χ4v) is 5.26. The summed E-state index contributed by atoms with van der Waals surface area (Å²) < 4.78 is 28.0. The van der Waals surface area contributed by atoms with Gasteiger partial charge in [-0.1, -0.05) is 20.8 Å². The molecule has 4 nitrogen and oxygen atoms in total. The summed E-state index contributed by atoms with van der Waals surface area (Å²) in [6.45, 7) is 5.79. The highest BCUT2D eigenvalue weighted by molar-refractivity contribution is 9.10. The zero-order chi connectivity index (χ0) is 15.4. The Bertz CT molecular complexity index is 799. The van der Waals surface area contributed by atoms with Gasteiger partial charge in [-0.15, -0.1) is 0 Å². The number of rotatable bonds is 3. The molecular formula is C15H19BrN2O2S. The quantitative estimate of drug-likeness (QED) is 0.821. The summed E-state index contributed by atoms with van der Waals surface area (Å²) in [5.74, 6) is 0.126. The smallest absolute Gasteiger partial charge is 0.179 e. The first-order valence-electron chi connectivity index (χ1n) is 7.06. The molecule has 1 aliphatic carbocycles. The van der Waals surface area contributed by atoms with Crippen LogP contribution in [0.15, 0.2) is 27.8 Å². The SMILES string of the molecule is CC(C)(C)CS(=O)(=O)c1cc(Br)c2c(c1)ncn2C1CC1. The summed E-state index contributed by atoms with van der Waals surface area (Å²) in [6, 6.07) is 3.92. The van der Waals surface area contributed by atoms with Gasteiger partial charge < -0.3 is 4.57 Å². The van der Waals surface area contributed by atoms with Crippen molar-refractivity contribution in [3.63, 3.8) is 0 Å². The number of imidazole rings is 1. The lowest BCUT2D eigenvalue weighted by atomic mass is 10.0. The first kappa shape index (κ1) is 15.0. The molecule has 0 radical (unpaired) electrons. The molecule has 0 atom stereocenters. The largest absolute Gasteiger partial charge is 0.327 e. The molecule has 1 saturated carbocycles. The predicted octanol–water partition coefficient (Wildman–Crippen LogP) is 3.95. The lowest BCUT2D eigenvalue weighted by Gasteiger charge is -2.18. The van der Waals surface area contributed by atoms with E-state index in [1.54, 1.807) is 12.1 Å². The Morgan fingerprint density at radius 1 is 1.33 bits per heavy atom. The van der Waals surface area contributed by atoms with Crippen molar-refractivity contribution in [2.45, 2.75) is 44.6 Å². The van der Waals surface area contributed by atoms with Crippen molar-refractivity contribution in [2.75, 3.05) is 5.75 Å². The molecule has 1 aromatic carbocycles. The Balaban J connectivity index is 2.09. The highest BCUT2D eigenvalue weighted by Crippen LogP contribution is 2.39. The maximum Gasteiger partial charge on any atom is 0.179 e. The first-order valence-corrected chi connectivity index (χ1v) is 9.51. The summed E-state index contributed by atoms with van der Waals surface area (Å²) >= 11 is 3.52. The summed E-state index contributed by atoms with van der Waals surface area (Å²) in [7, 11) is -3.31. The number of hydrogen-bond acceptors (Lipinski definition) is 3. The van der Waals surface area contributed by atoms with Crippen LogP contribution in [-0.4, -0.2) is 23.7 Å². The molecule has 0 amide bonds. The summed E-state index contributed by atoms with van der Waals surface area (Å²) in [5.41, 5.74) is 1.46. The summed E-state index contributed by atoms with van der Waals surface area (Å²) in [6.07, 6.45) is 4.15. The second-order valence-electron chi connectivity index (χ2n) is 6.98. The van der Waals surface area contributed by atoms with E-state index in [1.165, 1.54) is 12.8 Å². The van der Waals surface area contributed by atoms with Gasteiger partial charge in [0.2, 0.25) is 0 Å². The molecule has 1 fully saturated rings. The van der Waals surface area contributed by atoms with Crippen LogP contribution in [0, 0.1) is 5.41 Å². The molecule has 0 bridgehead atoms. The molecule has 2 aromatic rings. The topological polar surface area (TPSA) is 52.0 Å². The van der Waals surface area contributed by atoms with Gasteiger partial charge in [0.25, 0.3) is 0 Å². The Morgan fingerprint density at radius 3 is 2.57 bits per heavy atom. The maximum absolute atomic E-state index is 12.5. The van der Waals surface area contributed by atoms with E-state index in [0.717, 1.165) is 15.5 Å². The van der Waals surface area contributed by atoms with Crippen molar-refractivity contribution in [1.82, 2.24) is 9.55 Å². The molecule has 0 N–H and O–H groups in total. The van der Waals surface area contributed by atoms with E-state index in [4.69, 9.17) is 0 Å². The average molecular weight is 371 g/mol. The molecule has 3 rings (SSSR count). The van der Waals surface area contributed by atoms with Crippen LogP contribution in [-0.2, 0) is 9.84 Å². The van der Waals surface area contributed by atoms with Gasteiger partial charge in [-0.2, -0.15) is 0 Å². The molecule has 1 heterocycles. The molecule has 0 unspecified atom stereocenters. The molecule has 1 aliphatic rings. The maximum atomic E-state index is 12.5. The van der Waals surface area contributed by atoms with Gasteiger partial charge in [0.15, 0.2) is 9.84 Å². The number of benzene rings is 1. The van der Waals surface area contributed by atoms with Gasteiger partial charge >= 0.3 is 0 Å². The molecule has 6 heteroatoms. The van der Waals surface area contributed by atoms with Crippen molar-refractivity contribution in [3.05, 3.63) is 22.9 Å². The van der Waals surface area contributed by atoms with E-state index in [0.29, 0.717) is 10.9 Å². The van der Waals surface area contributed by atoms with Crippen LogP contribution in [0.5, 0.6) is 0 Å². The lowest BCUT2D eigenvalue weighted by Crippen LogP contribution is -2.20. The van der Waals surface area contributed by atoms with Crippen molar-refractivity contribution in [3.8, 4) is 0 Å². The Kier molecular flexibility index (Phi) is 3.44. The van der Waals surface area contributed by atoms with Gasteiger partial charge in [-0.3, -0.25) is 0 Å². The van der Waals surface area contributed by atoms with Gasteiger partial charge in [0.05, 0.1) is 28.0 Å². The fraction of sp³-hybridized carbons (Fsp3) is 0.533. The van der Waals surface area contributed by atoms with E-state index >= 15 is 0 Å². The molecule has 0 saturated heterocycles. The molecule has 114 valence electrons. The average Bonchev–Trinajstić information content (AvgIpc) is 3.06. The standard InChI is InChI=1S/C15H19BrN2O2S/c1-15(2,3)8-21(19,20)11-6-12(16)14-13(7-11)17-9-18(14)10-4-5-10/h6-7,9-10H,4-5,8H2,1-3H3. The van der Waals surface area contributed by atoms with Crippen molar-refractivity contribution < 1.29 is 8.42 Å². The van der Waals surface area contributed by atoms with Gasteiger partial charge in [0, 0.05) is 10.5 Å². The van der Waals surface area contributed by atoms with Crippen LogP contribution in [0.1, 0.15) is 39.7 Å². The van der Waals surface area contributed by atoms with E-state index in [-0.39, 0.29) is 11.2 Å². The minimum absolute atomic E-state index is 0.126. The predicted molar refractivity (Wildman–Crippen MR) is 87.2 cm³/mol. The zero-order valence-electron chi connectivity index (χ0n) is 12.4. The lowest BCUT2D eigenvalue weighted by molar-refractivity contribution is 0.462. The minimum atomic E-state index is -3.31. The van der Waals surface area contributed by atoms with Gasteiger partial charge in [0.1, 0.15) is 0 Å². The normalized spacial score (nSPS) is 16.6. The zero-order valence-corrected chi connectivity index (χ0v) is 14.8. The van der Waals surface area contributed by atoms with Crippen molar-refractivity contribution in [1.29, 1.82) is 0 Å². The molecule has 0 aliphatic heterocycles. The number of fused-ring (bicyclic) bond motifs is 1. The van der Waals surface area contributed by atoms with Crippen LogP contribution in [0.3, 0.4) is 0 Å². The number of sulfone groups is 1.